The molecule has 20 atom stereocenters. The van der Waals surface area contributed by atoms with E-state index < -0.39 is 114 Å². The first-order valence-corrected chi connectivity index (χ1v) is 20.6. The molecule has 6 fully saturated rings. The number of carboxylic acid groups (broad SMARTS) is 2. The summed E-state index contributed by atoms with van der Waals surface area (Å²) >= 11 is 0. The zero-order chi connectivity index (χ0) is 42.0. The fourth-order valence-corrected chi connectivity index (χ4v) is 13.4. The lowest BCUT2D eigenvalue weighted by molar-refractivity contribution is -0.377. The molecule has 0 aromatic carbocycles. The zero-order valence-corrected chi connectivity index (χ0v) is 33.7. The van der Waals surface area contributed by atoms with Gasteiger partial charge < -0.3 is 70.0 Å². The average molecular weight is 813 g/mol. The first-order valence-electron chi connectivity index (χ1n) is 20.6. The van der Waals surface area contributed by atoms with E-state index in [0.717, 1.165) is 12.0 Å². The topological polar surface area (TPSA) is 273 Å². The Labute approximate surface area is 332 Å². The summed E-state index contributed by atoms with van der Waals surface area (Å²) in [5.41, 5.74) is -3.05. The van der Waals surface area contributed by atoms with Gasteiger partial charge in [-0.05, 0) is 104 Å². The largest absolute Gasteiger partial charge is 0.481 e. The summed E-state index contributed by atoms with van der Waals surface area (Å²) in [5.74, 6) is -3.15. The van der Waals surface area contributed by atoms with Crippen LogP contribution in [0.3, 0.4) is 0 Å². The smallest absolute Gasteiger partial charge is 0.335 e. The van der Waals surface area contributed by atoms with Gasteiger partial charge in [0.25, 0.3) is 0 Å². The number of aliphatic hydroxyl groups is 8. The van der Waals surface area contributed by atoms with Gasteiger partial charge in [0.15, 0.2) is 18.7 Å². The van der Waals surface area contributed by atoms with Gasteiger partial charge in [-0.2, -0.15) is 0 Å². The number of fused-ring (bicyclic) bond motifs is 7. The highest BCUT2D eigenvalue weighted by atomic mass is 16.8. The van der Waals surface area contributed by atoms with E-state index in [9.17, 15) is 60.7 Å². The van der Waals surface area contributed by atoms with Crippen molar-refractivity contribution in [3.05, 3.63) is 11.6 Å². The molecular formula is C41H64O16. The number of carbonyl (C=O) groups is 2. The summed E-state index contributed by atoms with van der Waals surface area (Å²) in [6, 6.07) is 0. The van der Waals surface area contributed by atoms with E-state index in [1.165, 1.54) is 0 Å². The molecule has 0 unspecified atom stereocenters. The van der Waals surface area contributed by atoms with E-state index in [2.05, 4.69) is 40.7 Å². The SMILES string of the molecule is CC1(C)CC[C@]2(C(=O)O)[C@H](O)C[C@]3(C)C(=CC[C@H]4[C@@]5(C)CC[C@H](O[C@@H]6O[C@H](C(=O)O)[C@@H](O)[C@H](O)[C@H]6O[C@@H]6O[C@H](CO)[C@H](O)[C@H](O)[C@H]6O)[C@@](C)(O)[C@H]5CC[C@]43C)[C@@H]2C1. The molecule has 0 amide bonds. The molecule has 0 bridgehead atoms. The molecule has 5 aliphatic carbocycles. The highest BCUT2D eigenvalue weighted by Gasteiger charge is 2.72. The maximum absolute atomic E-state index is 13.1. The third kappa shape index (κ3) is 6.29. The minimum absolute atomic E-state index is 0.0348. The van der Waals surface area contributed by atoms with Gasteiger partial charge in [0.05, 0.1) is 24.4 Å². The van der Waals surface area contributed by atoms with Crippen molar-refractivity contribution < 1.29 is 79.6 Å². The summed E-state index contributed by atoms with van der Waals surface area (Å²) in [6.45, 7) is 11.9. The monoisotopic (exact) mass is 812 g/mol. The van der Waals surface area contributed by atoms with Gasteiger partial charge in [-0.1, -0.05) is 46.3 Å². The Balaban J connectivity index is 1.17. The number of aliphatic hydroxyl groups excluding tert-OH is 7. The predicted molar refractivity (Wildman–Crippen MR) is 197 cm³/mol. The molecule has 2 heterocycles. The molecule has 324 valence electrons. The number of allylic oxidation sites excluding steroid dienone is 2. The Kier molecular flexibility index (Phi) is 10.9. The Bertz CT molecular complexity index is 1600. The van der Waals surface area contributed by atoms with E-state index in [0.29, 0.717) is 44.9 Å². The van der Waals surface area contributed by atoms with Gasteiger partial charge in [-0.3, -0.25) is 4.79 Å². The van der Waals surface area contributed by atoms with Crippen LogP contribution in [0.15, 0.2) is 11.6 Å². The van der Waals surface area contributed by atoms with Crippen molar-refractivity contribution in [2.75, 3.05) is 6.61 Å². The van der Waals surface area contributed by atoms with Crippen molar-refractivity contribution in [1.29, 1.82) is 0 Å². The maximum atomic E-state index is 13.1. The van der Waals surface area contributed by atoms with Crippen LogP contribution in [0, 0.1) is 44.8 Å². The van der Waals surface area contributed by atoms with Gasteiger partial charge >= 0.3 is 11.9 Å². The number of hydrogen-bond donors (Lipinski definition) is 10. The molecule has 57 heavy (non-hydrogen) atoms. The van der Waals surface area contributed by atoms with Crippen LogP contribution in [0.4, 0.5) is 0 Å². The lowest BCUT2D eigenvalue weighted by Gasteiger charge is -2.71. The molecule has 4 saturated carbocycles. The second-order valence-electron chi connectivity index (χ2n) is 20.2. The lowest BCUT2D eigenvalue weighted by Crippen LogP contribution is -2.70. The molecule has 7 rings (SSSR count). The summed E-state index contributed by atoms with van der Waals surface area (Å²) in [6.07, 6.45) is -12.9. The summed E-state index contributed by atoms with van der Waals surface area (Å²) < 4.78 is 23.4. The van der Waals surface area contributed by atoms with Gasteiger partial charge in [0.2, 0.25) is 0 Å². The lowest BCUT2D eigenvalue weighted by atomic mass is 9.34. The number of rotatable bonds is 7. The van der Waals surface area contributed by atoms with Crippen molar-refractivity contribution in [1.82, 2.24) is 0 Å². The van der Waals surface area contributed by atoms with E-state index in [-0.39, 0.29) is 35.0 Å². The Morgan fingerprint density at radius 1 is 0.772 bits per heavy atom. The van der Waals surface area contributed by atoms with Crippen LogP contribution in [0.1, 0.15) is 99.3 Å². The highest BCUT2D eigenvalue weighted by molar-refractivity contribution is 5.77. The second-order valence-corrected chi connectivity index (χ2v) is 20.2. The van der Waals surface area contributed by atoms with Crippen LogP contribution >= 0.6 is 0 Å². The molecule has 2 saturated heterocycles. The van der Waals surface area contributed by atoms with Gasteiger partial charge in [0.1, 0.15) is 48.1 Å². The van der Waals surface area contributed by atoms with Gasteiger partial charge in [0, 0.05) is 0 Å². The molecule has 7 aliphatic rings. The number of aliphatic carboxylic acids is 2. The van der Waals surface area contributed by atoms with Crippen LogP contribution < -0.4 is 0 Å². The Hall–Kier alpha value is -1.80. The van der Waals surface area contributed by atoms with Crippen LogP contribution in [0.5, 0.6) is 0 Å². The van der Waals surface area contributed by atoms with Crippen molar-refractivity contribution in [2.24, 2.45) is 44.8 Å². The third-order valence-corrected chi connectivity index (χ3v) is 16.9. The highest BCUT2D eigenvalue weighted by Crippen LogP contribution is 2.75. The van der Waals surface area contributed by atoms with Crippen LogP contribution in [0.25, 0.3) is 0 Å². The predicted octanol–water partition coefficient (Wildman–Crippen LogP) is 0.670. The molecular weight excluding hydrogens is 748 g/mol. The Morgan fingerprint density at radius 2 is 1.46 bits per heavy atom. The minimum atomic E-state index is -2.02. The van der Waals surface area contributed by atoms with Crippen molar-refractivity contribution in [3.63, 3.8) is 0 Å². The normalized spacial score (nSPS) is 54.6. The fraction of sp³-hybridized carbons (Fsp3) is 0.902. The molecule has 2 aliphatic heterocycles. The van der Waals surface area contributed by atoms with Gasteiger partial charge in [-0.15, -0.1) is 0 Å². The van der Waals surface area contributed by atoms with E-state index in [1.807, 2.05) is 0 Å². The fourth-order valence-electron chi connectivity index (χ4n) is 13.4. The first-order chi connectivity index (χ1) is 26.4. The quantitative estimate of drug-likeness (QED) is 0.125. The number of carboxylic acids is 2. The molecule has 10 N–H and O–H groups in total. The number of ether oxygens (including phenoxy) is 4. The zero-order valence-electron chi connectivity index (χ0n) is 33.7. The molecule has 0 spiro atoms. The second kappa shape index (κ2) is 14.4. The van der Waals surface area contributed by atoms with E-state index in [4.69, 9.17) is 18.9 Å². The molecule has 0 radical (unpaired) electrons. The first kappa shape index (κ1) is 43.3. The van der Waals surface area contributed by atoms with Crippen molar-refractivity contribution in [3.8, 4) is 0 Å². The average Bonchev–Trinajstić information content (AvgIpc) is 3.12. The number of hydrogen-bond acceptors (Lipinski definition) is 14. The minimum Gasteiger partial charge on any atom is -0.481 e. The van der Waals surface area contributed by atoms with Crippen molar-refractivity contribution >= 4 is 11.9 Å². The Morgan fingerprint density at radius 3 is 2.09 bits per heavy atom. The molecule has 0 aromatic heterocycles. The standard InChI is InChI=1S/C41H64O16/c1-36(2)13-14-41(35(51)52)19(15-36)18-7-8-21-37(3)11-10-24(40(6,53)22(37)9-12-38(21,4)39(18,5)16-23(41)43)55-34-31(28(47)27(46)30(56-34)32(49)50)57-33-29(48)26(45)25(44)20(17-42)54-33/h7,19-31,33-34,42-48,53H,8-17H2,1-6H3,(H,49,50)(H,51,52)/t19-,20+,21-,22-,23+,24-,25-,26-,27-,28-,29+,30-,31+,33-,34+,37+,38+,39+,40-,41+/m0/s1. The van der Waals surface area contributed by atoms with E-state index in [1.54, 1.807) is 6.92 Å². The van der Waals surface area contributed by atoms with Crippen molar-refractivity contribution in [2.45, 2.75) is 179 Å². The molecule has 16 nitrogen and oxygen atoms in total. The molecule has 16 heteroatoms. The summed E-state index contributed by atoms with van der Waals surface area (Å²) in [4.78, 5) is 25.2. The summed E-state index contributed by atoms with van der Waals surface area (Å²) in [5, 5.41) is 108. The van der Waals surface area contributed by atoms with Crippen LogP contribution in [-0.2, 0) is 28.5 Å². The van der Waals surface area contributed by atoms with Crippen LogP contribution in [-0.4, -0.2) is 149 Å². The summed E-state index contributed by atoms with van der Waals surface area (Å²) in [7, 11) is 0. The van der Waals surface area contributed by atoms with E-state index >= 15 is 0 Å². The maximum Gasteiger partial charge on any atom is 0.335 e. The van der Waals surface area contributed by atoms with Crippen LogP contribution in [0.2, 0.25) is 0 Å². The third-order valence-electron chi connectivity index (χ3n) is 16.9. The van der Waals surface area contributed by atoms with Gasteiger partial charge in [-0.25, -0.2) is 4.79 Å². The molecule has 0 aromatic rings.